The molecule has 0 aliphatic carbocycles. The van der Waals surface area contributed by atoms with Crippen LogP contribution in [-0.4, -0.2) is 24.0 Å². The molecule has 1 amide bonds. The van der Waals surface area contributed by atoms with E-state index in [9.17, 15) is 4.79 Å². The van der Waals surface area contributed by atoms with Crippen molar-refractivity contribution in [3.63, 3.8) is 0 Å². The van der Waals surface area contributed by atoms with Crippen LogP contribution in [0.2, 0.25) is 0 Å². The van der Waals surface area contributed by atoms with E-state index in [1.165, 1.54) is 5.56 Å². The number of aromatic nitrogens is 1. The van der Waals surface area contributed by atoms with Crippen molar-refractivity contribution < 1.29 is 4.79 Å². The number of carbonyl (C=O) groups is 1. The number of nitrogens with one attached hydrogen (secondary N) is 2. The zero-order chi connectivity index (χ0) is 11.3. The van der Waals surface area contributed by atoms with E-state index >= 15 is 0 Å². The van der Waals surface area contributed by atoms with Crippen LogP contribution in [-0.2, 0) is 10.2 Å². The second-order valence-electron chi connectivity index (χ2n) is 4.30. The molecule has 0 aliphatic heterocycles. The van der Waals surface area contributed by atoms with Crippen molar-refractivity contribution in [1.29, 1.82) is 0 Å². The van der Waals surface area contributed by atoms with E-state index in [1.54, 1.807) is 0 Å². The van der Waals surface area contributed by atoms with Crippen LogP contribution in [0.1, 0.15) is 25.8 Å². The fraction of sp³-hybridized carbons (Fsp3) is 0.545. The Morgan fingerprint density at radius 2 is 2.33 bits per heavy atom. The maximum absolute atomic E-state index is 11.3. The van der Waals surface area contributed by atoms with Gasteiger partial charge in [-0.2, -0.15) is 0 Å². The van der Waals surface area contributed by atoms with E-state index in [0.717, 1.165) is 0 Å². The number of amides is 1. The second kappa shape index (κ2) is 4.98. The van der Waals surface area contributed by atoms with Crippen LogP contribution in [0.5, 0.6) is 0 Å². The van der Waals surface area contributed by atoms with E-state index in [4.69, 9.17) is 5.73 Å². The van der Waals surface area contributed by atoms with Crippen LogP contribution in [0, 0.1) is 0 Å². The average Bonchev–Trinajstić information content (AvgIpc) is 2.69. The third-order valence-corrected chi connectivity index (χ3v) is 2.48. The van der Waals surface area contributed by atoms with Crippen molar-refractivity contribution in [3.8, 4) is 0 Å². The third kappa shape index (κ3) is 3.40. The molecule has 1 aromatic rings. The first-order valence-electron chi connectivity index (χ1n) is 5.16. The topological polar surface area (TPSA) is 70.9 Å². The Morgan fingerprint density at radius 3 is 2.87 bits per heavy atom. The second-order valence-corrected chi connectivity index (χ2v) is 4.30. The summed E-state index contributed by atoms with van der Waals surface area (Å²) in [6.45, 7) is 5.22. The number of rotatable bonds is 5. The third-order valence-electron chi connectivity index (χ3n) is 2.48. The van der Waals surface area contributed by atoms with Gasteiger partial charge in [0, 0.05) is 37.3 Å². The predicted octanol–water partition coefficient (Wildman–Crippen LogP) is 0.757. The lowest BCUT2D eigenvalue weighted by Crippen LogP contribution is -2.37. The van der Waals surface area contributed by atoms with Gasteiger partial charge in [-0.05, 0) is 11.6 Å². The van der Waals surface area contributed by atoms with Crippen molar-refractivity contribution >= 4 is 5.91 Å². The molecule has 1 heterocycles. The van der Waals surface area contributed by atoms with Crippen molar-refractivity contribution in [2.24, 2.45) is 5.73 Å². The smallest absolute Gasteiger partial charge is 0.221 e. The van der Waals surface area contributed by atoms with E-state index in [1.807, 2.05) is 18.5 Å². The standard InChI is InChI=1S/C11H19N3O/c1-11(2,9-4-6-13-7-9)8-14-10(15)3-5-12/h4,6-7,13H,3,5,8,12H2,1-2H3,(H,14,15). The van der Waals surface area contributed by atoms with Gasteiger partial charge in [0.2, 0.25) is 5.91 Å². The molecule has 0 saturated carbocycles. The van der Waals surface area contributed by atoms with Crippen LogP contribution < -0.4 is 11.1 Å². The van der Waals surface area contributed by atoms with Gasteiger partial charge in [0.25, 0.3) is 0 Å². The highest BCUT2D eigenvalue weighted by molar-refractivity contribution is 5.76. The fourth-order valence-corrected chi connectivity index (χ4v) is 1.39. The van der Waals surface area contributed by atoms with Gasteiger partial charge in [0.05, 0.1) is 0 Å². The summed E-state index contributed by atoms with van der Waals surface area (Å²) in [5, 5.41) is 2.88. The Morgan fingerprint density at radius 1 is 1.60 bits per heavy atom. The highest BCUT2D eigenvalue weighted by Gasteiger charge is 2.21. The first kappa shape index (κ1) is 11.8. The number of aromatic amines is 1. The molecule has 0 atom stereocenters. The quantitative estimate of drug-likeness (QED) is 0.670. The molecular formula is C11H19N3O. The molecule has 0 radical (unpaired) electrons. The summed E-state index contributed by atoms with van der Waals surface area (Å²) in [6, 6.07) is 2.02. The maximum Gasteiger partial charge on any atom is 0.221 e. The van der Waals surface area contributed by atoms with Gasteiger partial charge >= 0.3 is 0 Å². The molecule has 0 unspecified atom stereocenters. The van der Waals surface area contributed by atoms with Gasteiger partial charge < -0.3 is 16.0 Å². The van der Waals surface area contributed by atoms with E-state index < -0.39 is 0 Å². The van der Waals surface area contributed by atoms with E-state index in [-0.39, 0.29) is 11.3 Å². The molecular weight excluding hydrogens is 190 g/mol. The highest BCUT2D eigenvalue weighted by Crippen LogP contribution is 2.21. The molecule has 0 bridgehead atoms. The lowest BCUT2D eigenvalue weighted by molar-refractivity contribution is -0.121. The summed E-state index contributed by atoms with van der Waals surface area (Å²) in [5.41, 5.74) is 6.44. The molecule has 1 rings (SSSR count). The molecule has 84 valence electrons. The normalized spacial score (nSPS) is 11.4. The Bertz CT molecular complexity index is 304. The first-order valence-corrected chi connectivity index (χ1v) is 5.16. The van der Waals surface area contributed by atoms with Gasteiger partial charge in [-0.25, -0.2) is 0 Å². The summed E-state index contributed by atoms with van der Waals surface area (Å²) in [4.78, 5) is 14.3. The van der Waals surface area contributed by atoms with Crippen molar-refractivity contribution in [1.82, 2.24) is 10.3 Å². The Labute approximate surface area is 90.2 Å². The summed E-state index contributed by atoms with van der Waals surface area (Å²) in [6.07, 6.45) is 4.23. The molecule has 4 N–H and O–H groups in total. The molecule has 4 nitrogen and oxygen atoms in total. The molecule has 1 aromatic heterocycles. The number of carbonyl (C=O) groups excluding carboxylic acids is 1. The number of hydrogen-bond donors (Lipinski definition) is 3. The lowest BCUT2D eigenvalue weighted by Gasteiger charge is -2.24. The minimum Gasteiger partial charge on any atom is -0.367 e. The van der Waals surface area contributed by atoms with Crippen LogP contribution >= 0.6 is 0 Å². The SMILES string of the molecule is CC(C)(CNC(=O)CCN)c1cc[nH]c1. The minimum atomic E-state index is -0.0513. The largest absolute Gasteiger partial charge is 0.367 e. The Balaban J connectivity index is 2.47. The van der Waals surface area contributed by atoms with Crippen molar-refractivity contribution in [2.45, 2.75) is 25.7 Å². The first-order chi connectivity index (χ1) is 7.06. The molecule has 0 spiro atoms. The zero-order valence-electron chi connectivity index (χ0n) is 9.34. The van der Waals surface area contributed by atoms with Crippen molar-refractivity contribution in [2.75, 3.05) is 13.1 Å². The summed E-state index contributed by atoms with van der Waals surface area (Å²) in [5.74, 6) is 0.0149. The minimum absolute atomic E-state index is 0.0149. The molecule has 0 aliphatic rings. The fourth-order valence-electron chi connectivity index (χ4n) is 1.39. The molecule has 15 heavy (non-hydrogen) atoms. The zero-order valence-corrected chi connectivity index (χ0v) is 9.34. The van der Waals surface area contributed by atoms with Crippen molar-refractivity contribution in [3.05, 3.63) is 24.0 Å². The number of H-pyrrole nitrogens is 1. The average molecular weight is 209 g/mol. The molecule has 0 saturated heterocycles. The lowest BCUT2D eigenvalue weighted by atomic mass is 9.86. The maximum atomic E-state index is 11.3. The van der Waals surface area contributed by atoms with Gasteiger partial charge in [0.15, 0.2) is 0 Å². The Hall–Kier alpha value is -1.29. The summed E-state index contributed by atoms with van der Waals surface area (Å²) >= 11 is 0. The van der Waals surface area contributed by atoms with Crippen LogP contribution in [0.4, 0.5) is 0 Å². The van der Waals surface area contributed by atoms with Crippen LogP contribution in [0.15, 0.2) is 18.5 Å². The van der Waals surface area contributed by atoms with Gasteiger partial charge in [-0.3, -0.25) is 4.79 Å². The van der Waals surface area contributed by atoms with Crippen LogP contribution in [0.25, 0.3) is 0 Å². The Kier molecular flexibility index (Phi) is 3.91. The molecule has 4 heteroatoms. The predicted molar refractivity (Wildman–Crippen MR) is 60.5 cm³/mol. The molecule has 0 aromatic carbocycles. The van der Waals surface area contributed by atoms with E-state index in [0.29, 0.717) is 19.5 Å². The highest BCUT2D eigenvalue weighted by atomic mass is 16.1. The number of hydrogen-bond acceptors (Lipinski definition) is 2. The molecule has 0 fully saturated rings. The van der Waals surface area contributed by atoms with Gasteiger partial charge in [0.1, 0.15) is 0 Å². The van der Waals surface area contributed by atoms with Gasteiger partial charge in [-0.1, -0.05) is 13.8 Å². The monoisotopic (exact) mass is 209 g/mol. The van der Waals surface area contributed by atoms with Gasteiger partial charge in [-0.15, -0.1) is 0 Å². The van der Waals surface area contributed by atoms with E-state index in [2.05, 4.69) is 24.1 Å². The summed E-state index contributed by atoms with van der Waals surface area (Å²) < 4.78 is 0. The number of nitrogens with two attached hydrogens (primary N) is 1. The summed E-state index contributed by atoms with van der Waals surface area (Å²) in [7, 11) is 0. The van der Waals surface area contributed by atoms with Crippen LogP contribution in [0.3, 0.4) is 0 Å².